The van der Waals surface area contributed by atoms with Gasteiger partial charge in [-0.15, -0.1) is 0 Å². The van der Waals surface area contributed by atoms with E-state index in [0.29, 0.717) is 0 Å². The first-order valence-electron chi connectivity index (χ1n) is 5.72. The minimum absolute atomic E-state index is 0.867. The summed E-state index contributed by atoms with van der Waals surface area (Å²) < 4.78 is 0. The molecule has 0 amide bonds. The summed E-state index contributed by atoms with van der Waals surface area (Å²) in [6, 6.07) is 7.54. The number of benzene rings is 1. The van der Waals surface area contributed by atoms with Gasteiger partial charge in [-0.2, -0.15) is 0 Å². The number of rotatable bonds is 4. The lowest BCUT2D eigenvalue weighted by atomic mass is 10.1. The molecule has 2 nitrogen and oxygen atoms in total. The second kappa shape index (κ2) is 7.29. The standard InChI is InChI=1S/C15H16O2/c1-2-3-4-5-6-13-7-9-14(10-8-13)11-12-15(16)17/h7-12H,2-4H2,1H3,(H,16,17)/b12-11+. The van der Waals surface area contributed by atoms with Crippen molar-refractivity contribution >= 4 is 12.0 Å². The van der Waals surface area contributed by atoms with Crippen LogP contribution in [-0.2, 0) is 4.79 Å². The predicted octanol–water partition coefficient (Wildman–Crippen LogP) is 3.33. The van der Waals surface area contributed by atoms with Gasteiger partial charge >= 0.3 is 5.97 Å². The average molecular weight is 228 g/mol. The van der Waals surface area contributed by atoms with Gasteiger partial charge in [0.2, 0.25) is 0 Å². The van der Waals surface area contributed by atoms with Gasteiger partial charge in [0.1, 0.15) is 0 Å². The number of hydrogen-bond acceptors (Lipinski definition) is 1. The third kappa shape index (κ3) is 5.58. The third-order valence-corrected chi connectivity index (χ3v) is 2.22. The van der Waals surface area contributed by atoms with Crippen LogP contribution < -0.4 is 0 Å². The van der Waals surface area contributed by atoms with Gasteiger partial charge in [0, 0.05) is 18.1 Å². The molecule has 1 rings (SSSR count). The molecule has 1 aromatic carbocycles. The zero-order valence-corrected chi connectivity index (χ0v) is 9.94. The Morgan fingerprint density at radius 2 is 2.06 bits per heavy atom. The van der Waals surface area contributed by atoms with Crippen molar-refractivity contribution < 1.29 is 9.90 Å². The van der Waals surface area contributed by atoms with Crippen molar-refractivity contribution in [2.24, 2.45) is 0 Å². The molecule has 0 aliphatic carbocycles. The Hall–Kier alpha value is -2.01. The van der Waals surface area contributed by atoms with Crippen LogP contribution in [0.1, 0.15) is 37.3 Å². The van der Waals surface area contributed by atoms with Crippen LogP contribution in [0.25, 0.3) is 6.08 Å². The predicted molar refractivity (Wildman–Crippen MR) is 69.5 cm³/mol. The lowest BCUT2D eigenvalue weighted by molar-refractivity contribution is -0.131. The fourth-order valence-electron chi connectivity index (χ4n) is 1.27. The summed E-state index contributed by atoms with van der Waals surface area (Å²) in [7, 11) is 0. The number of carbonyl (C=O) groups is 1. The van der Waals surface area contributed by atoms with E-state index in [1.807, 2.05) is 24.3 Å². The molecule has 0 aliphatic rings. The Bertz CT molecular complexity index is 444. The maximum atomic E-state index is 10.3. The first-order valence-corrected chi connectivity index (χ1v) is 5.72. The van der Waals surface area contributed by atoms with Gasteiger partial charge < -0.3 is 5.11 Å². The minimum Gasteiger partial charge on any atom is -0.478 e. The molecule has 0 atom stereocenters. The highest BCUT2D eigenvalue weighted by molar-refractivity contribution is 5.85. The van der Waals surface area contributed by atoms with Gasteiger partial charge in [-0.1, -0.05) is 37.3 Å². The summed E-state index contributed by atoms with van der Waals surface area (Å²) in [5.41, 5.74) is 1.83. The Labute approximate surface area is 102 Å². The highest BCUT2D eigenvalue weighted by atomic mass is 16.4. The van der Waals surface area contributed by atoms with E-state index in [1.165, 1.54) is 0 Å². The molecule has 0 bridgehead atoms. The van der Waals surface area contributed by atoms with Crippen LogP contribution in [0.15, 0.2) is 30.3 Å². The monoisotopic (exact) mass is 228 g/mol. The molecule has 1 aromatic rings. The maximum Gasteiger partial charge on any atom is 0.328 e. The van der Waals surface area contributed by atoms with Gasteiger partial charge in [-0.25, -0.2) is 4.79 Å². The van der Waals surface area contributed by atoms with E-state index in [-0.39, 0.29) is 0 Å². The van der Waals surface area contributed by atoms with Gasteiger partial charge in [0.15, 0.2) is 0 Å². The fraction of sp³-hybridized carbons (Fsp3) is 0.267. The summed E-state index contributed by atoms with van der Waals surface area (Å²) in [6.45, 7) is 2.14. The van der Waals surface area contributed by atoms with Crippen LogP contribution in [-0.4, -0.2) is 11.1 Å². The largest absolute Gasteiger partial charge is 0.478 e. The molecule has 1 N–H and O–H groups in total. The summed E-state index contributed by atoms with van der Waals surface area (Å²) in [6.07, 6.45) is 5.91. The van der Waals surface area contributed by atoms with E-state index >= 15 is 0 Å². The number of carboxylic acid groups (broad SMARTS) is 1. The van der Waals surface area contributed by atoms with E-state index in [1.54, 1.807) is 6.08 Å². The quantitative estimate of drug-likeness (QED) is 0.487. The van der Waals surface area contributed by atoms with E-state index < -0.39 is 5.97 Å². The highest BCUT2D eigenvalue weighted by Gasteiger charge is 1.90. The van der Waals surface area contributed by atoms with Crippen molar-refractivity contribution in [1.29, 1.82) is 0 Å². The molecule has 0 spiro atoms. The van der Waals surface area contributed by atoms with Gasteiger partial charge in [-0.3, -0.25) is 0 Å². The molecule has 0 aliphatic heterocycles. The number of hydrogen-bond donors (Lipinski definition) is 1. The number of carboxylic acids is 1. The molecule has 88 valence electrons. The fourth-order valence-corrected chi connectivity index (χ4v) is 1.27. The van der Waals surface area contributed by atoms with Crippen LogP contribution in [0.2, 0.25) is 0 Å². The zero-order valence-electron chi connectivity index (χ0n) is 9.94. The van der Waals surface area contributed by atoms with Crippen molar-refractivity contribution in [2.75, 3.05) is 0 Å². The Balaban J connectivity index is 2.60. The topological polar surface area (TPSA) is 37.3 Å². The van der Waals surface area contributed by atoms with Gasteiger partial charge in [-0.05, 0) is 30.2 Å². The van der Waals surface area contributed by atoms with E-state index in [9.17, 15) is 4.79 Å². The lowest BCUT2D eigenvalue weighted by Gasteiger charge is -1.93. The molecular formula is C15H16O2. The Morgan fingerprint density at radius 3 is 2.65 bits per heavy atom. The maximum absolute atomic E-state index is 10.3. The van der Waals surface area contributed by atoms with Crippen LogP contribution in [0.4, 0.5) is 0 Å². The van der Waals surface area contributed by atoms with Crippen LogP contribution in [0.5, 0.6) is 0 Å². The molecule has 0 radical (unpaired) electrons. The molecule has 0 unspecified atom stereocenters. The van der Waals surface area contributed by atoms with Crippen molar-refractivity contribution in [3.63, 3.8) is 0 Å². The van der Waals surface area contributed by atoms with Crippen molar-refractivity contribution in [3.8, 4) is 11.8 Å². The van der Waals surface area contributed by atoms with E-state index in [2.05, 4.69) is 18.8 Å². The normalized spacial score (nSPS) is 9.94. The van der Waals surface area contributed by atoms with Gasteiger partial charge in [0.25, 0.3) is 0 Å². The highest BCUT2D eigenvalue weighted by Crippen LogP contribution is 2.05. The van der Waals surface area contributed by atoms with Crippen LogP contribution >= 0.6 is 0 Å². The average Bonchev–Trinajstić information content (AvgIpc) is 2.33. The summed E-state index contributed by atoms with van der Waals surface area (Å²) in [5, 5.41) is 8.49. The molecule has 0 aromatic heterocycles. The first kappa shape index (κ1) is 13.1. The van der Waals surface area contributed by atoms with Crippen LogP contribution in [0, 0.1) is 11.8 Å². The number of aliphatic carboxylic acids is 1. The van der Waals surface area contributed by atoms with Crippen molar-refractivity contribution in [3.05, 3.63) is 41.5 Å². The second-order valence-corrected chi connectivity index (χ2v) is 3.70. The zero-order chi connectivity index (χ0) is 12.5. The molecule has 0 fully saturated rings. The number of unbranched alkanes of at least 4 members (excludes halogenated alkanes) is 2. The molecule has 0 saturated heterocycles. The summed E-state index contributed by atoms with van der Waals surface area (Å²) in [4.78, 5) is 10.3. The molecule has 0 saturated carbocycles. The van der Waals surface area contributed by atoms with Crippen molar-refractivity contribution in [1.82, 2.24) is 0 Å². The summed E-state index contributed by atoms with van der Waals surface area (Å²) >= 11 is 0. The first-order chi connectivity index (χ1) is 8.22. The molecule has 17 heavy (non-hydrogen) atoms. The third-order valence-electron chi connectivity index (χ3n) is 2.22. The Kier molecular flexibility index (Phi) is 5.60. The van der Waals surface area contributed by atoms with Crippen LogP contribution in [0.3, 0.4) is 0 Å². The SMILES string of the molecule is CCCCC#Cc1ccc(/C=C/C(=O)O)cc1. The van der Waals surface area contributed by atoms with Crippen molar-refractivity contribution in [2.45, 2.75) is 26.2 Å². The minimum atomic E-state index is -0.937. The lowest BCUT2D eigenvalue weighted by Crippen LogP contribution is -1.85. The molecule has 2 heteroatoms. The second-order valence-electron chi connectivity index (χ2n) is 3.70. The smallest absolute Gasteiger partial charge is 0.328 e. The van der Waals surface area contributed by atoms with E-state index in [0.717, 1.165) is 36.5 Å². The Morgan fingerprint density at radius 1 is 1.35 bits per heavy atom. The summed E-state index contributed by atoms with van der Waals surface area (Å²) in [5.74, 6) is 5.25. The van der Waals surface area contributed by atoms with E-state index in [4.69, 9.17) is 5.11 Å². The van der Waals surface area contributed by atoms with Gasteiger partial charge in [0.05, 0.1) is 0 Å². The molecular weight excluding hydrogens is 212 g/mol. The molecule has 0 heterocycles.